The van der Waals surface area contributed by atoms with Crippen LogP contribution in [0.2, 0.25) is 0 Å². The lowest BCUT2D eigenvalue weighted by atomic mass is 9.83. The zero-order chi connectivity index (χ0) is 29.2. The lowest BCUT2D eigenvalue weighted by molar-refractivity contribution is -0.137. The van der Waals surface area contributed by atoms with Crippen molar-refractivity contribution < 1.29 is 22.7 Å². The zero-order valence-electron chi connectivity index (χ0n) is 23.6. The molecule has 0 aromatic heterocycles. The summed E-state index contributed by atoms with van der Waals surface area (Å²) in [6.45, 7) is 12.5. The van der Waals surface area contributed by atoms with Gasteiger partial charge in [0.1, 0.15) is 11.5 Å². The number of hydrogen-bond acceptors (Lipinski definition) is 2. The number of halogens is 3. The van der Waals surface area contributed by atoms with Gasteiger partial charge in [0, 0.05) is 11.3 Å². The molecule has 0 unspecified atom stereocenters. The third-order valence-electron chi connectivity index (χ3n) is 7.03. The largest absolute Gasteiger partial charge is 0.457 e. The summed E-state index contributed by atoms with van der Waals surface area (Å²) in [4.78, 5) is 14.3. The molecule has 0 fully saturated rings. The van der Waals surface area contributed by atoms with E-state index in [4.69, 9.17) is 4.74 Å². The van der Waals surface area contributed by atoms with Crippen LogP contribution in [0.15, 0.2) is 78.9 Å². The Morgan fingerprint density at radius 3 is 1.85 bits per heavy atom. The summed E-state index contributed by atoms with van der Waals surface area (Å²) in [5, 5.41) is 0. The molecule has 0 N–H and O–H groups in total. The van der Waals surface area contributed by atoms with E-state index in [1.165, 1.54) is 12.1 Å². The lowest BCUT2D eigenvalue weighted by Crippen LogP contribution is -2.17. The van der Waals surface area contributed by atoms with E-state index in [0.29, 0.717) is 11.5 Å². The Kier molecular flexibility index (Phi) is 8.38. The average Bonchev–Trinajstić information content (AvgIpc) is 2.89. The SMILES string of the molecule is Cc1cc(Oc2ccc(C(F)(F)F)cc2)cc(C)c1-c1c(C(C)C)cc(C(C)C)cc1N(C=O)c1ccccc1. The summed E-state index contributed by atoms with van der Waals surface area (Å²) in [5.74, 6) is 1.29. The second-order valence-electron chi connectivity index (χ2n) is 10.7. The van der Waals surface area contributed by atoms with Crippen molar-refractivity contribution in [1.29, 1.82) is 0 Å². The molecule has 0 atom stereocenters. The molecule has 0 aliphatic carbocycles. The molecule has 0 aliphatic rings. The molecule has 0 bridgehead atoms. The first-order valence-electron chi connectivity index (χ1n) is 13.3. The maximum atomic E-state index is 13.0. The second kappa shape index (κ2) is 11.6. The Hall–Kier alpha value is -4.06. The van der Waals surface area contributed by atoms with Gasteiger partial charge in [0.05, 0.1) is 11.3 Å². The molecular formula is C34H34F3NO2. The minimum Gasteiger partial charge on any atom is -0.457 e. The van der Waals surface area contributed by atoms with Crippen molar-refractivity contribution in [3.8, 4) is 22.6 Å². The zero-order valence-corrected chi connectivity index (χ0v) is 23.6. The predicted octanol–water partition coefficient (Wildman–Crippen LogP) is 10.3. The number of nitrogens with zero attached hydrogens (tertiary/aromatic N) is 1. The summed E-state index contributed by atoms with van der Waals surface area (Å²) in [6, 6.07) is 22.3. The third kappa shape index (κ3) is 6.06. The van der Waals surface area contributed by atoms with Crippen molar-refractivity contribution in [3.63, 3.8) is 0 Å². The summed E-state index contributed by atoms with van der Waals surface area (Å²) in [6.07, 6.45) is -3.55. The number of amides is 1. The van der Waals surface area contributed by atoms with Gasteiger partial charge in [-0.1, -0.05) is 52.0 Å². The van der Waals surface area contributed by atoms with Crippen LogP contribution in [0.5, 0.6) is 11.5 Å². The monoisotopic (exact) mass is 545 g/mol. The highest BCUT2D eigenvalue weighted by Crippen LogP contribution is 2.45. The first kappa shape index (κ1) is 28.9. The molecule has 208 valence electrons. The van der Waals surface area contributed by atoms with Crippen molar-refractivity contribution in [3.05, 3.63) is 107 Å². The van der Waals surface area contributed by atoms with Crippen molar-refractivity contribution in [2.75, 3.05) is 4.90 Å². The molecule has 4 aromatic rings. The number of alkyl halides is 3. The number of ether oxygens (including phenoxy) is 1. The van der Waals surface area contributed by atoms with Crippen molar-refractivity contribution >= 4 is 17.8 Å². The van der Waals surface area contributed by atoms with E-state index in [9.17, 15) is 18.0 Å². The number of hydrogen-bond donors (Lipinski definition) is 0. The maximum absolute atomic E-state index is 13.0. The number of rotatable bonds is 8. The van der Waals surface area contributed by atoms with E-state index in [-0.39, 0.29) is 11.8 Å². The van der Waals surface area contributed by atoms with Gasteiger partial charge in [-0.2, -0.15) is 13.2 Å². The van der Waals surface area contributed by atoms with Crippen LogP contribution in [0.4, 0.5) is 24.5 Å². The first-order valence-corrected chi connectivity index (χ1v) is 13.3. The molecule has 0 radical (unpaired) electrons. The van der Waals surface area contributed by atoms with Crippen molar-refractivity contribution in [1.82, 2.24) is 0 Å². The Morgan fingerprint density at radius 2 is 1.35 bits per heavy atom. The molecule has 4 rings (SSSR count). The summed E-state index contributed by atoms with van der Waals surface area (Å²) >= 11 is 0. The van der Waals surface area contributed by atoms with Crippen molar-refractivity contribution in [2.45, 2.75) is 59.6 Å². The molecule has 6 heteroatoms. The van der Waals surface area contributed by atoms with Crippen LogP contribution in [0, 0.1) is 13.8 Å². The summed E-state index contributed by atoms with van der Waals surface area (Å²) < 4.78 is 44.9. The maximum Gasteiger partial charge on any atom is 0.416 e. The van der Waals surface area contributed by atoms with Crippen LogP contribution in [-0.4, -0.2) is 6.41 Å². The van der Waals surface area contributed by atoms with Crippen LogP contribution in [0.1, 0.15) is 67.3 Å². The first-order chi connectivity index (χ1) is 18.9. The minimum atomic E-state index is -4.40. The molecule has 1 amide bonds. The lowest BCUT2D eigenvalue weighted by Gasteiger charge is -2.28. The van der Waals surface area contributed by atoms with Crippen LogP contribution in [0.25, 0.3) is 11.1 Å². The fourth-order valence-electron chi connectivity index (χ4n) is 4.99. The second-order valence-corrected chi connectivity index (χ2v) is 10.7. The summed E-state index contributed by atoms with van der Waals surface area (Å²) in [5.41, 5.74) is 6.96. The van der Waals surface area contributed by atoms with E-state index in [1.54, 1.807) is 4.90 Å². The van der Waals surface area contributed by atoms with E-state index in [0.717, 1.165) is 63.3 Å². The number of carbonyl (C=O) groups is 1. The predicted molar refractivity (Wildman–Crippen MR) is 156 cm³/mol. The Morgan fingerprint density at radius 1 is 0.750 bits per heavy atom. The molecule has 3 nitrogen and oxygen atoms in total. The third-order valence-corrected chi connectivity index (χ3v) is 7.03. The minimum absolute atomic E-state index is 0.179. The molecule has 0 aliphatic heterocycles. The average molecular weight is 546 g/mol. The van der Waals surface area contributed by atoms with Gasteiger partial charge in [-0.15, -0.1) is 0 Å². The Labute approximate surface area is 234 Å². The highest BCUT2D eigenvalue weighted by atomic mass is 19.4. The van der Waals surface area contributed by atoms with Gasteiger partial charge in [-0.3, -0.25) is 9.69 Å². The number of anilines is 2. The normalized spacial score (nSPS) is 11.7. The quantitative estimate of drug-likeness (QED) is 0.206. The fourth-order valence-corrected chi connectivity index (χ4v) is 4.99. The fraction of sp³-hybridized carbons (Fsp3) is 0.265. The number of carbonyl (C=O) groups excluding carboxylic acids is 1. The Bertz CT molecular complexity index is 1470. The van der Waals surface area contributed by atoms with Gasteiger partial charge < -0.3 is 4.74 Å². The van der Waals surface area contributed by atoms with Crippen molar-refractivity contribution in [2.24, 2.45) is 0 Å². The van der Waals surface area contributed by atoms with E-state index >= 15 is 0 Å². The molecular weight excluding hydrogens is 511 g/mol. The van der Waals surface area contributed by atoms with Gasteiger partial charge in [-0.25, -0.2) is 0 Å². The molecule has 0 heterocycles. The smallest absolute Gasteiger partial charge is 0.416 e. The Balaban J connectivity index is 1.87. The van der Waals surface area contributed by atoms with Gasteiger partial charge in [0.15, 0.2) is 0 Å². The van der Waals surface area contributed by atoms with E-state index < -0.39 is 11.7 Å². The van der Waals surface area contributed by atoms with Crippen LogP contribution < -0.4 is 9.64 Å². The van der Waals surface area contributed by atoms with Crippen LogP contribution in [-0.2, 0) is 11.0 Å². The number of para-hydroxylation sites is 1. The highest BCUT2D eigenvalue weighted by Gasteiger charge is 2.30. The molecule has 0 saturated carbocycles. The van der Waals surface area contributed by atoms with E-state index in [2.05, 4.69) is 39.8 Å². The topological polar surface area (TPSA) is 29.5 Å². The number of benzene rings is 4. The molecule has 4 aromatic carbocycles. The molecule has 40 heavy (non-hydrogen) atoms. The van der Waals surface area contributed by atoms with Gasteiger partial charge in [0.2, 0.25) is 6.41 Å². The van der Waals surface area contributed by atoms with Gasteiger partial charge in [-0.05, 0) is 108 Å². The van der Waals surface area contributed by atoms with E-state index in [1.807, 2.05) is 56.3 Å². The standard InChI is InChI=1S/C34H34F3NO2/c1-21(2)25-18-30(22(3)4)33(31(19-25)38(20-39)27-10-8-7-9-11-27)32-23(5)16-29(17-24(32)6)40-28-14-12-26(13-15-28)34(35,36)37/h7-22H,1-6H3. The molecule has 0 spiro atoms. The van der Waals surface area contributed by atoms with Crippen LogP contribution >= 0.6 is 0 Å². The van der Waals surface area contributed by atoms with Crippen LogP contribution in [0.3, 0.4) is 0 Å². The highest BCUT2D eigenvalue weighted by molar-refractivity contribution is 5.97. The van der Waals surface area contributed by atoms with Gasteiger partial charge >= 0.3 is 6.18 Å². The number of aryl methyl sites for hydroxylation is 2. The molecule has 0 saturated heterocycles. The van der Waals surface area contributed by atoms with Gasteiger partial charge in [0.25, 0.3) is 0 Å². The summed E-state index contributed by atoms with van der Waals surface area (Å²) in [7, 11) is 0.